The van der Waals surface area contributed by atoms with E-state index >= 15 is 0 Å². The number of anilines is 1. The number of methoxy groups -OCH3 is 1. The van der Waals surface area contributed by atoms with Crippen LogP contribution in [-0.2, 0) is 16.1 Å². The molecule has 0 spiro atoms. The van der Waals surface area contributed by atoms with Gasteiger partial charge in [0.15, 0.2) is 11.5 Å². The maximum atomic E-state index is 12.1. The summed E-state index contributed by atoms with van der Waals surface area (Å²) >= 11 is 6.36. The predicted molar refractivity (Wildman–Crippen MR) is 95.5 cm³/mol. The van der Waals surface area contributed by atoms with Crippen LogP contribution in [0.3, 0.4) is 0 Å². The minimum Gasteiger partial charge on any atom is -0.480 e. The first-order valence-electron chi connectivity index (χ1n) is 8.16. The molecular weight excluding hydrogens is 358 g/mol. The van der Waals surface area contributed by atoms with E-state index in [0.29, 0.717) is 5.82 Å². The summed E-state index contributed by atoms with van der Waals surface area (Å²) in [5.41, 5.74) is 0.862. The van der Waals surface area contributed by atoms with Crippen LogP contribution >= 0.6 is 11.6 Å². The Balaban J connectivity index is 2.05. The quantitative estimate of drug-likeness (QED) is 0.743. The lowest BCUT2D eigenvalue weighted by Gasteiger charge is -2.24. The number of aromatic nitrogens is 2. The molecule has 26 heavy (non-hydrogen) atoms. The second-order valence-electron chi connectivity index (χ2n) is 6.07. The third-order valence-corrected chi connectivity index (χ3v) is 4.36. The van der Waals surface area contributed by atoms with E-state index in [0.717, 1.165) is 18.4 Å². The van der Waals surface area contributed by atoms with E-state index in [1.165, 1.54) is 12.0 Å². The molecule has 1 aromatic heterocycles. The zero-order valence-electron chi connectivity index (χ0n) is 14.2. The van der Waals surface area contributed by atoms with Crippen LogP contribution in [0.5, 0.6) is 0 Å². The van der Waals surface area contributed by atoms with Crippen molar-refractivity contribution in [1.29, 1.82) is 0 Å². The van der Waals surface area contributed by atoms with E-state index in [4.69, 9.17) is 16.3 Å². The summed E-state index contributed by atoms with van der Waals surface area (Å²) in [6, 6.07) is 9.37. The lowest BCUT2D eigenvalue weighted by molar-refractivity contribution is -0.135. The summed E-state index contributed by atoms with van der Waals surface area (Å²) in [6.45, 7) is -0.0229. The number of hydrogen-bond acceptors (Lipinski definition) is 6. The Hall–Kier alpha value is -2.67. The van der Waals surface area contributed by atoms with Crippen molar-refractivity contribution in [3.8, 4) is 0 Å². The number of hydrogen-bond donors (Lipinski definition) is 1. The third-order valence-electron chi connectivity index (χ3n) is 4.01. The summed E-state index contributed by atoms with van der Waals surface area (Å²) in [4.78, 5) is 33.7. The Labute approximate surface area is 155 Å². The van der Waals surface area contributed by atoms with E-state index in [1.807, 2.05) is 30.3 Å². The number of esters is 1. The second kappa shape index (κ2) is 7.70. The fraction of sp³-hybridized carbons (Fsp3) is 0.333. The number of halogens is 1. The number of ether oxygens (including phenoxy) is 1. The fourth-order valence-electron chi connectivity index (χ4n) is 2.59. The van der Waals surface area contributed by atoms with Gasteiger partial charge in [-0.15, -0.1) is 0 Å². The van der Waals surface area contributed by atoms with Crippen molar-refractivity contribution in [3.05, 3.63) is 52.4 Å². The molecule has 1 heterocycles. The van der Waals surface area contributed by atoms with Gasteiger partial charge < -0.3 is 14.7 Å². The molecule has 3 rings (SSSR count). The zero-order chi connectivity index (χ0) is 18.7. The van der Waals surface area contributed by atoms with E-state index in [9.17, 15) is 14.7 Å². The molecule has 7 nitrogen and oxygen atoms in total. The Kier molecular flexibility index (Phi) is 5.37. The number of aliphatic carboxylic acids is 1. The van der Waals surface area contributed by atoms with Crippen LogP contribution in [0.2, 0.25) is 5.02 Å². The van der Waals surface area contributed by atoms with Crippen LogP contribution in [0.25, 0.3) is 0 Å². The second-order valence-corrected chi connectivity index (χ2v) is 6.45. The van der Waals surface area contributed by atoms with Crippen LogP contribution in [0, 0.1) is 0 Å². The van der Waals surface area contributed by atoms with Gasteiger partial charge in [-0.3, -0.25) is 4.79 Å². The number of carboxylic acid groups (broad SMARTS) is 1. The summed E-state index contributed by atoms with van der Waals surface area (Å²) < 4.78 is 4.76. The average Bonchev–Trinajstić information content (AvgIpc) is 3.46. The highest BCUT2D eigenvalue weighted by molar-refractivity contribution is 6.35. The molecule has 0 saturated heterocycles. The summed E-state index contributed by atoms with van der Waals surface area (Å²) in [5.74, 6) is -0.806. The van der Waals surface area contributed by atoms with Crippen LogP contribution in [0.4, 0.5) is 5.82 Å². The molecule has 0 amide bonds. The van der Waals surface area contributed by atoms with Crippen molar-refractivity contribution in [2.24, 2.45) is 0 Å². The number of nitrogens with zero attached hydrogens (tertiary/aromatic N) is 3. The smallest absolute Gasteiger partial charge is 0.358 e. The third kappa shape index (κ3) is 4.11. The highest BCUT2D eigenvalue weighted by Gasteiger charge is 2.31. The summed E-state index contributed by atoms with van der Waals surface area (Å²) in [5, 5.41) is 9.31. The highest BCUT2D eigenvalue weighted by atomic mass is 35.5. The van der Waals surface area contributed by atoms with E-state index in [2.05, 4.69) is 9.97 Å². The monoisotopic (exact) mass is 375 g/mol. The average molecular weight is 376 g/mol. The van der Waals surface area contributed by atoms with Crippen molar-refractivity contribution in [2.45, 2.75) is 25.3 Å². The first kappa shape index (κ1) is 18.1. The van der Waals surface area contributed by atoms with E-state index in [1.54, 1.807) is 0 Å². The van der Waals surface area contributed by atoms with Gasteiger partial charge in [-0.1, -0.05) is 41.9 Å². The van der Waals surface area contributed by atoms with Gasteiger partial charge in [0.25, 0.3) is 0 Å². The van der Waals surface area contributed by atoms with Crippen molar-refractivity contribution in [1.82, 2.24) is 9.97 Å². The van der Waals surface area contributed by atoms with Gasteiger partial charge >= 0.3 is 11.9 Å². The largest absolute Gasteiger partial charge is 0.480 e. The molecular formula is C18H18ClN3O4. The highest BCUT2D eigenvalue weighted by Crippen LogP contribution is 2.40. The molecule has 0 radical (unpaired) electrons. The number of benzene rings is 1. The number of carbonyl (C=O) groups is 2. The van der Waals surface area contributed by atoms with Gasteiger partial charge in [-0.25, -0.2) is 14.8 Å². The maximum absolute atomic E-state index is 12.1. The SMILES string of the molecule is COC(=O)c1nc(C2CC2)nc(N(CC(=O)O)Cc2ccccc2)c1Cl. The first-order chi connectivity index (χ1) is 12.5. The van der Waals surface area contributed by atoms with Crippen LogP contribution in [0.1, 0.15) is 40.6 Å². The van der Waals surface area contributed by atoms with Gasteiger partial charge in [0, 0.05) is 12.5 Å². The van der Waals surface area contributed by atoms with Crippen molar-refractivity contribution in [2.75, 3.05) is 18.6 Å². The molecule has 1 aliphatic carbocycles. The van der Waals surface area contributed by atoms with Gasteiger partial charge in [0.2, 0.25) is 0 Å². The normalized spacial score (nSPS) is 13.3. The molecule has 0 aliphatic heterocycles. The van der Waals surface area contributed by atoms with Gasteiger partial charge in [0.1, 0.15) is 17.4 Å². The van der Waals surface area contributed by atoms with Crippen LogP contribution in [-0.4, -0.2) is 40.7 Å². The standard InChI is InChI=1S/C18H18ClN3O4/c1-26-18(25)15-14(19)17(21-16(20-15)12-7-8-12)22(10-13(23)24)9-11-5-3-2-4-6-11/h2-6,12H,7-10H2,1H3,(H,23,24). The predicted octanol–water partition coefficient (Wildman–Crippen LogP) is 2.89. The van der Waals surface area contributed by atoms with Crippen LogP contribution < -0.4 is 4.90 Å². The fourth-order valence-corrected chi connectivity index (χ4v) is 2.87. The Morgan fingerprint density at radius 2 is 1.96 bits per heavy atom. The van der Waals surface area contributed by atoms with E-state index < -0.39 is 11.9 Å². The molecule has 0 bridgehead atoms. The molecule has 0 atom stereocenters. The van der Waals surface area contributed by atoms with Crippen LogP contribution in [0.15, 0.2) is 30.3 Å². The number of carbonyl (C=O) groups excluding carboxylic acids is 1. The van der Waals surface area contributed by atoms with Gasteiger partial charge in [-0.2, -0.15) is 0 Å². The number of rotatable bonds is 7. The molecule has 0 unspecified atom stereocenters. The molecule has 8 heteroatoms. The molecule has 2 aromatic rings. The van der Waals surface area contributed by atoms with Crippen molar-refractivity contribution in [3.63, 3.8) is 0 Å². The topological polar surface area (TPSA) is 92.6 Å². The Morgan fingerprint density at radius 1 is 1.27 bits per heavy atom. The first-order valence-corrected chi connectivity index (χ1v) is 8.53. The molecule has 1 saturated carbocycles. The van der Waals surface area contributed by atoms with E-state index in [-0.39, 0.29) is 35.5 Å². The maximum Gasteiger partial charge on any atom is 0.358 e. The minimum absolute atomic E-state index is 0.00145. The summed E-state index contributed by atoms with van der Waals surface area (Å²) in [7, 11) is 1.25. The molecule has 1 aliphatic rings. The van der Waals surface area contributed by atoms with Gasteiger partial charge in [0.05, 0.1) is 7.11 Å². The van der Waals surface area contributed by atoms with Crippen molar-refractivity contribution < 1.29 is 19.4 Å². The Morgan fingerprint density at radius 3 is 2.54 bits per heavy atom. The minimum atomic E-state index is -1.02. The lowest BCUT2D eigenvalue weighted by Crippen LogP contribution is -2.31. The molecule has 1 fully saturated rings. The molecule has 136 valence electrons. The Bertz CT molecular complexity index is 825. The van der Waals surface area contributed by atoms with Crippen molar-refractivity contribution >= 4 is 29.4 Å². The number of carboxylic acids is 1. The zero-order valence-corrected chi connectivity index (χ0v) is 14.9. The summed E-state index contributed by atoms with van der Waals surface area (Å²) in [6.07, 6.45) is 1.86. The molecule has 1 aromatic carbocycles. The van der Waals surface area contributed by atoms with Gasteiger partial charge in [-0.05, 0) is 18.4 Å². The lowest BCUT2D eigenvalue weighted by atomic mass is 10.2. The molecule has 1 N–H and O–H groups in total.